The van der Waals surface area contributed by atoms with Gasteiger partial charge in [-0.25, -0.2) is 17.5 Å². The smallest absolute Gasteiger partial charge is 0.264 e. The fraction of sp³-hybridized carbons (Fsp3) is 0.562. The molecule has 0 heterocycles. The number of aryl methyl sites for hydroxylation is 1. The summed E-state index contributed by atoms with van der Waals surface area (Å²) in [7, 11) is -2.36. The maximum atomic E-state index is 13.3. The van der Waals surface area contributed by atoms with Crippen LogP contribution in [0.4, 0.5) is 4.39 Å². The number of halogens is 1. The molecule has 0 bridgehead atoms. The highest BCUT2D eigenvalue weighted by atomic mass is 32.2. The van der Waals surface area contributed by atoms with Gasteiger partial charge in [0, 0.05) is 13.5 Å². The van der Waals surface area contributed by atoms with Crippen LogP contribution in [0.1, 0.15) is 37.7 Å². The van der Waals surface area contributed by atoms with Crippen LogP contribution in [0, 0.1) is 18.7 Å². The minimum absolute atomic E-state index is 0.157. The van der Waals surface area contributed by atoms with Crippen LogP contribution in [0.15, 0.2) is 23.1 Å². The van der Waals surface area contributed by atoms with E-state index in [9.17, 15) is 17.6 Å². The van der Waals surface area contributed by atoms with Crippen molar-refractivity contribution >= 4 is 15.9 Å². The SMILES string of the molecule is COC1CCC(CC(=O)NS(=O)(=O)c2cc(C)cc(F)c2)CC1. The Morgan fingerprint density at radius 2 is 1.91 bits per heavy atom. The van der Waals surface area contributed by atoms with E-state index in [2.05, 4.69) is 0 Å². The third-order valence-corrected chi connectivity index (χ3v) is 5.53. The van der Waals surface area contributed by atoms with Crippen LogP contribution in [0.25, 0.3) is 0 Å². The van der Waals surface area contributed by atoms with Crippen LogP contribution in [0.3, 0.4) is 0 Å². The molecule has 0 saturated heterocycles. The summed E-state index contributed by atoms with van der Waals surface area (Å²) in [5.41, 5.74) is 0.482. The first kappa shape index (κ1) is 17.9. The highest BCUT2D eigenvalue weighted by molar-refractivity contribution is 7.90. The zero-order valence-electron chi connectivity index (χ0n) is 13.3. The van der Waals surface area contributed by atoms with Gasteiger partial charge in [0.25, 0.3) is 10.0 Å². The Morgan fingerprint density at radius 1 is 1.26 bits per heavy atom. The molecule has 1 aliphatic rings. The summed E-state index contributed by atoms with van der Waals surface area (Å²) in [6.07, 6.45) is 3.82. The van der Waals surface area contributed by atoms with Gasteiger partial charge in [-0.15, -0.1) is 0 Å². The van der Waals surface area contributed by atoms with Crippen molar-refractivity contribution in [1.29, 1.82) is 0 Å². The summed E-state index contributed by atoms with van der Waals surface area (Å²) in [5.74, 6) is -1.03. The number of sulfonamides is 1. The van der Waals surface area contributed by atoms with Crippen molar-refractivity contribution < 1.29 is 22.3 Å². The summed E-state index contributed by atoms with van der Waals surface area (Å²) in [6, 6.07) is 3.48. The number of methoxy groups -OCH3 is 1. The summed E-state index contributed by atoms with van der Waals surface area (Å²) in [6.45, 7) is 1.60. The molecule has 1 fully saturated rings. The average molecular weight is 343 g/mol. The predicted octanol–water partition coefficient (Wildman–Crippen LogP) is 2.53. The predicted molar refractivity (Wildman–Crippen MR) is 83.8 cm³/mol. The average Bonchev–Trinajstić information content (AvgIpc) is 2.46. The van der Waals surface area contributed by atoms with E-state index in [-0.39, 0.29) is 23.3 Å². The van der Waals surface area contributed by atoms with E-state index in [1.807, 2.05) is 4.72 Å². The zero-order valence-corrected chi connectivity index (χ0v) is 14.2. The maximum Gasteiger partial charge on any atom is 0.264 e. The van der Waals surface area contributed by atoms with Crippen LogP contribution >= 0.6 is 0 Å². The lowest BCUT2D eigenvalue weighted by molar-refractivity contribution is -0.120. The zero-order chi connectivity index (χ0) is 17.0. The van der Waals surface area contributed by atoms with Crippen molar-refractivity contribution in [3.63, 3.8) is 0 Å². The van der Waals surface area contributed by atoms with Gasteiger partial charge in [0.15, 0.2) is 0 Å². The summed E-state index contributed by atoms with van der Waals surface area (Å²) in [4.78, 5) is 11.8. The first-order chi connectivity index (χ1) is 10.8. The van der Waals surface area contributed by atoms with Gasteiger partial charge in [0.2, 0.25) is 5.91 Å². The molecule has 1 saturated carbocycles. The number of carbonyl (C=O) groups is 1. The molecular weight excluding hydrogens is 321 g/mol. The number of nitrogens with one attached hydrogen (secondary N) is 1. The Hall–Kier alpha value is -1.47. The molecule has 23 heavy (non-hydrogen) atoms. The van der Waals surface area contributed by atoms with Crippen molar-refractivity contribution in [2.45, 2.75) is 50.0 Å². The molecule has 1 aromatic rings. The summed E-state index contributed by atoms with van der Waals surface area (Å²) >= 11 is 0. The Bertz CT molecular complexity index is 646. The Balaban J connectivity index is 1.96. The minimum Gasteiger partial charge on any atom is -0.381 e. The molecule has 128 valence electrons. The van der Waals surface area contributed by atoms with Crippen molar-refractivity contribution in [1.82, 2.24) is 4.72 Å². The lowest BCUT2D eigenvalue weighted by Gasteiger charge is -2.27. The van der Waals surface area contributed by atoms with Gasteiger partial charge in [0.05, 0.1) is 11.0 Å². The molecule has 0 spiro atoms. The molecule has 7 heteroatoms. The van der Waals surface area contributed by atoms with Crippen molar-refractivity contribution in [2.24, 2.45) is 5.92 Å². The first-order valence-electron chi connectivity index (χ1n) is 7.66. The second-order valence-corrected chi connectivity index (χ2v) is 7.76. The number of ether oxygens (including phenoxy) is 1. The summed E-state index contributed by atoms with van der Waals surface area (Å²) in [5, 5.41) is 0. The van der Waals surface area contributed by atoms with E-state index in [1.54, 1.807) is 14.0 Å². The lowest BCUT2D eigenvalue weighted by atomic mass is 9.85. The second kappa shape index (κ2) is 7.40. The molecule has 5 nitrogen and oxygen atoms in total. The van der Waals surface area contributed by atoms with E-state index >= 15 is 0 Å². The fourth-order valence-corrected chi connectivity index (χ4v) is 4.05. The standard InChI is InChI=1S/C16H22FNO4S/c1-11-7-13(17)10-15(8-11)23(20,21)18-16(19)9-12-3-5-14(22-2)6-4-12/h7-8,10,12,14H,3-6,9H2,1-2H3,(H,18,19). The Labute approximate surface area is 136 Å². The Kier molecular flexibility index (Phi) is 5.75. The van der Waals surface area contributed by atoms with Crippen LogP contribution in [-0.4, -0.2) is 27.5 Å². The second-order valence-electron chi connectivity index (χ2n) is 6.08. The van der Waals surface area contributed by atoms with E-state index in [4.69, 9.17) is 4.74 Å². The molecule has 1 aliphatic carbocycles. The minimum atomic E-state index is -4.03. The van der Waals surface area contributed by atoms with Crippen LogP contribution < -0.4 is 4.72 Å². The molecule has 0 unspecified atom stereocenters. The van der Waals surface area contributed by atoms with Gasteiger partial charge in [-0.2, -0.15) is 0 Å². The van der Waals surface area contributed by atoms with E-state index < -0.39 is 21.7 Å². The monoisotopic (exact) mass is 343 g/mol. The molecule has 0 atom stereocenters. The molecule has 1 N–H and O–H groups in total. The molecule has 2 rings (SSSR count). The first-order valence-corrected chi connectivity index (χ1v) is 9.14. The number of amides is 1. The van der Waals surface area contributed by atoms with E-state index in [0.29, 0.717) is 5.56 Å². The molecular formula is C16H22FNO4S. The van der Waals surface area contributed by atoms with Gasteiger partial charge >= 0.3 is 0 Å². The Morgan fingerprint density at radius 3 is 2.48 bits per heavy atom. The number of rotatable bonds is 5. The number of carbonyl (C=O) groups excluding carboxylic acids is 1. The van der Waals surface area contributed by atoms with Crippen LogP contribution in [-0.2, 0) is 19.6 Å². The fourth-order valence-electron chi connectivity index (χ4n) is 2.94. The molecule has 0 radical (unpaired) electrons. The number of hydrogen-bond acceptors (Lipinski definition) is 4. The molecule has 0 aliphatic heterocycles. The molecule has 1 aromatic carbocycles. The highest BCUT2D eigenvalue weighted by Crippen LogP contribution is 2.28. The van der Waals surface area contributed by atoms with Crippen LogP contribution in [0.5, 0.6) is 0 Å². The number of benzene rings is 1. The third-order valence-electron chi connectivity index (χ3n) is 4.18. The maximum absolute atomic E-state index is 13.3. The van der Waals surface area contributed by atoms with Gasteiger partial charge in [0.1, 0.15) is 5.82 Å². The van der Waals surface area contributed by atoms with Gasteiger partial charge in [-0.3, -0.25) is 4.79 Å². The van der Waals surface area contributed by atoms with Crippen molar-refractivity contribution in [3.05, 3.63) is 29.6 Å². The van der Waals surface area contributed by atoms with Gasteiger partial charge in [-0.1, -0.05) is 0 Å². The largest absolute Gasteiger partial charge is 0.381 e. The third kappa shape index (κ3) is 5.00. The van der Waals surface area contributed by atoms with E-state index in [1.165, 1.54) is 12.1 Å². The normalized spacial score (nSPS) is 21.9. The van der Waals surface area contributed by atoms with Crippen LogP contribution in [0.2, 0.25) is 0 Å². The lowest BCUT2D eigenvalue weighted by Crippen LogP contribution is -2.33. The highest BCUT2D eigenvalue weighted by Gasteiger charge is 2.25. The topological polar surface area (TPSA) is 72.5 Å². The quantitative estimate of drug-likeness (QED) is 0.892. The molecule has 0 aromatic heterocycles. The van der Waals surface area contributed by atoms with E-state index in [0.717, 1.165) is 31.7 Å². The molecule has 1 amide bonds. The summed E-state index contributed by atoms with van der Waals surface area (Å²) < 4.78 is 45.0. The van der Waals surface area contributed by atoms with Crippen molar-refractivity contribution in [2.75, 3.05) is 7.11 Å². The van der Waals surface area contributed by atoms with Gasteiger partial charge in [-0.05, 0) is 62.3 Å². The van der Waals surface area contributed by atoms with Gasteiger partial charge < -0.3 is 4.74 Å². The van der Waals surface area contributed by atoms with Crippen molar-refractivity contribution in [3.8, 4) is 0 Å². The number of hydrogen-bond donors (Lipinski definition) is 1.